The number of rotatable bonds is 4. The number of piperidine rings is 1. The summed E-state index contributed by atoms with van der Waals surface area (Å²) in [4.78, 5) is 12.8. The first kappa shape index (κ1) is 12.8. The normalized spacial score (nSPS) is 16.8. The summed E-state index contributed by atoms with van der Waals surface area (Å²) in [5.41, 5.74) is 0.932. The molecule has 0 aromatic heterocycles. The van der Waals surface area contributed by atoms with Crippen molar-refractivity contribution in [1.82, 2.24) is 0 Å². The van der Waals surface area contributed by atoms with E-state index in [1.807, 2.05) is 12.1 Å². The van der Waals surface area contributed by atoms with Crippen molar-refractivity contribution in [3.63, 3.8) is 0 Å². The van der Waals surface area contributed by atoms with Crippen LogP contribution in [0.4, 0.5) is 11.4 Å². The lowest BCUT2D eigenvalue weighted by atomic mass is 9.97. The number of anilines is 1. The second kappa shape index (κ2) is 5.82. The van der Waals surface area contributed by atoms with Crippen molar-refractivity contribution in [2.45, 2.75) is 12.8 Å². The molecule has 0 saturated carbocycles. The van der Waals surface area contributed by atoms with E-state index in [1.165, 1.54) is 0 Å². The molecule has 0 radical (unpaired) electrons. The van der Waals surface area contributed by atoms with Crippen LogP contribution in [0.2, 0.25) is 0 Å². The Morgan fingerprint density at radius 2 is 2.06 bits per heavy atom. The zero-order chi connectivity index (χ0) is 13.0. The number of hydrogen-bond donors (Lipinski definition) is 0. The van der Waals surface area contributed by atoms with Crippen LogP contribution in [0.25, 0.3) is 0 Å². The van der Waals surface area contributed by atoms with Gasteiger partial charge in [-0.1, -0.05) is 12.1 Å². The molecule has 1 aliphatic rings. The molecular weight excluding hydrogens is 232 g/mol. The summed E-state index contributed by atoms with van der Waals surface area (Å²) in [7, 11) is 1.72. The molecule has 18 heavy (non-hydrogen) atoms. The van der Waals surface area contributed by atoms with Crippen molar-refractivity contribution in [2.24, 2.45) is 5.92 Å². The monoisotopic (exact) mass is 250 g/mol. The lowest BCUT2D eigenvalue weighted by molar-refractivity contribution is -0.384. The van der Waals surface area contributed by atoms with Gasteiger partial charge in [-0.15, -0.1) is 0 Å². The Hall–Kier alpha value is -1.62. The predicted octanol–water partition coefficient (Wildman–Crippen LogP) is 2.46. The molecule has 1 saturated heterocycles. The second-order valence-electron chi connectivity index (χ2n) is 4.63. The fraction of sp³-hybridized carbons (Fsp3) is 0.538. The molecule has 0 aliphatic carbocycles. The lowest BCUT2D eigenvalue weighted by Crippen LogP contribution is -2.35. The molecule has 5 nitrogen and oxygen atoms in total. The van der Waals surface area contributed by atoms with Gasteiger partial charge in [0, 0.05) is 32.9 Å². The molecule has 0 atom stereocenters. The fourth-order valence-corrected chi connectivity index (χ4v) is 2.46. The van der Waals surface area contributed by atoms with E-state index in [4.69, 9.17) is 4.74 Å². The molecule has 98 valence electrons. The minimum absolute atomic E-state index is 0.197. The Bertz CT molecular complexity index is 414. The molecule has 1 heterocycles. The van der Waals surface area contributed by atoms with Gasteiger partial charge in [0.05, 0.1) is 4.92 Å². The Balaban J connectivity index is 2.07. The molecule has 0 unspecified atom stereocenters. The number of ether oxygens (including phenoxy) is 1. The number of nitro benzene ring substituents is 1. The molecule has 0 bridgehead atoms. The van der Waals surface area contributed by atoms with Crippen molar-refractivity contribution < 1.29 is 9.66 Å². The standard InChI is InChI=1S/C13H18N2O3/c1-18-10-11-6-8-14(9-7-11)12-4-2-3-5-13(12)15(16)17/h2-5,11H,6-10H2,1H3. The minimum Gasteiger partial charge on any atom is -0.384 e. The third-order valence-corrected chi connectivity index (χ3v) is 3.44. The first-order chi connectivity index (χ1) is 8.72. The molecule has 1 aromatic rings. The molecule has 1 aliphatic heterocycles. The van der Waals surface area contributed by atoms with E-state index in [0.717, 1.165) is 38.2 Å². The predicted molar refractivity (Wildman–Crippen MR) is 69.9 cm³/mol. The fourth-order valence-electron chi connectivity index (χ4n) is 2.46. The van der Waals surface area contributed by atoms with Crippen LogP contribution in [0.5, 0.6) is 0 Å². The molecule has 1 fully saturated rings. The maximum Gasteiger partial charge on any atom is 0.292 e. The Morgan fingerprint density at radius 3 is 2.67 bits per heavy atom. The highest BCUT2D eigenvalue weighted by molar-refractivity contribution is 5.63. The second-order valence-corrected chi connectivity index (χ2v) is 4.63. The third kappa shape index (κ3) is 2.79. The van der Waals surface area contributed by atoms with Crippen molar-refractivity contribution in [3.05, 3.63) is 34.4 Å². The smallest absolute Gasteiger partial charge is 0.292 e. The van der Waals surface area contributed by atoms with E-state index in [1.54, 1.807) is 19.2 Å². The van der Waals surface area contributed by atoms with Crippen molar-refractivity contribution in [2.75, 3.05) is 31.7 Å². The molecule has 2 rings (SSSR count). The highest BCUT2D eigenvalue weighted by atomic mass is 16.6. The van der Waals surface area contributed by atoms with Gasteiger partial charge in [-0.2, -0.15) is 0 Å². The summed E-state index contributed by atoms with van der Waals surface area (Å²) >= 11 is 0. The maximum atomic E-state index is 11.0. The number of hydrogen-bond acceptors (Lipinski definition) is 4. The number of methoxy groups -OCH3 is 1. The van der Waals surface area contributed by atoms with Crippen LogP contribution in [0.3, 0.4) is 0 Å². The molecular formula is C13H18N2O3. The van der Waals surface area contributed by atoms with Gasteiger partial charge in [-0.25, -0.2) is 0 Å². The van der Waals surface area contributed by atoms with Crippen molar-refractivity contribution >= 4 is 11.4 Å². The van der Waals surface area contributed by atoms with E-state index < -0.39 is 0 Å². The average molecular weight is 250 g/mol. The van der Waals surface area contributed by atoms with Gasteiger partial charge >= 0.3 is 0 Å². The van der Waals surface area contributed by atoms with Gasteiger partial charge in [-0.05, 0) is 24.8 Å². The number of nitrogens with zero attached hydrogens (tertiary/aromatic N) is 2. The van der Waals surface area contributed by atoms with Crippen LogP contribution in [-0.2, 0) is 4.74 Å². The topological polar surface area (TPSA) is 55.6 Å². The highest BCUT2D eigenvalue weighted by Gasteiger charge is 2.24. The summed E-state index contributed by atoms with van der Waals surface area (Å²) in [6.07, 6.45) is 2.06. The number of para-hydroxylation sites is 2. The van der Waals surface area contributed by atoms with Gasteiger partial charge < -0.3 is 9.64 Å². The minimum atomic E-state index is -0.309. The largest absolute Gasteiger partial charge is 0.384 e. The summed E-state index contributed by atoms with van der Waals surface area (Å²) in [5, 5.41) is 11.0. The zero-order valence-electron chi connectivity index (χ0n) is 10.5. The summed E-state index contributed by atoms with van der Waals surface area (Å²) in [6.45, 7) is 2.50. The van der Waals surface area contributed by atoms with Gasteiger partial charge in [0.15, 0.2) is 0 Å². The van der Waals surface area contributed by atoms with Crippen LogP contribution in [-0.4, -0.2) is 31.7 Å². The van der Waals surface area contributed by atoms with E-state index >= 15 is 0 Å². The van der Waals surface area contributed by atoms with Crippen LogP contribution in [0.1, 0.15) is 12.8 Å². The third-order valence-electron chi connectivity index (χ3n) is 3.44. The Kier molecular flexibility index (Phi) is 4.15. The van der Waals surface area contributed by atoms with Crippen LogP contribution >= 0.6 is 0 Å². The molecule has 5 heteroatoms. The van der Waals surface area contributed by atoms with Crippen LogP contribution in [0.15, 0.2) is 24.3 Å². The zero-order valence-corrected chi connectivity index (χ0v) is 10.5. The molecule has 1 aromatic carbocycles. The first-order valence-electron chi connectivity index (χ1n) is 6.19. The van der Waals surface area contributed by atoms with E-state index in [0.29, 0.717) is 5.92 Å². The van der Waals surface area contributed by atoms with Gasteiger partial charge in [0.25, 0.3) is 5.69 Å². The highest BCUT2D eigenvalue weighted by Crippen LogP contribution is 2.30. The van der Waals surface area contributed by atoms with Gasteiger partial charge in [0.2, 0.25) is 0 Å². The van der Waals surface area contributed by atoms with Crippen LogP contribution < -0.4 is 4.90 Å². The molecule has 0 N–H and O–H groups in total. The van der Waals surface area contributed by atoms with Gasteiger partial charge in [-0.3, -0.25) is 10.1 Å². The van der Waals surface area contributed by atoms with Crippen molar-refractivity contribution in [1.29, 1.82) is 0 Å². The lowest BCUT2D eigenvalue weighted by Gasteiger charge is -2.32. The van der Waals surface area contributed by atoms with E-state index in [2.05, 4.69) is 4.90 Å². The van der Waals surface area contributed by atoms with E-state index in [-0.39, 0.29) is 10.6 Å². The van der Waals surface area contributed by atoms with E-state index in [9.17, 15) is 10.1 Å². The average Bonchev–Trinajstić information content (AvgIpc) is 2.40. The maximum absolute atomic E-state index is 11.0. The number of benzene rings is 1. The molecule has 0 spiro atoms. The quantitative estimate of drug-likeness (QED) is 0.608. The first-order valence-corrected chi connectivity index (χ1v) is 6.19. The number of nitro groups is 1. The van der Waals surface area contributed by atoms with Gasteiger partial charge in [0.1, 0.15) is 5.69 Å². The van der Waals surface area contributed by atoms with Crippen molar-refractivity contribution in [3.8, 4) is 0 Å². The molecule has 0 amide bonds. The van der Waals surface area contributed by atoms with Crippen LogP contribution in [0, 0.1) is 16.0 Å². The summed E-state index contributed by atoms with van der Waals surface area (Å²) in [5.74, 6) is 0.578. The Morgan fingerprint density at radius 1 is 1.39 bits per heavy atom. The summed E-state index contributed by atoms with van der Waals surface area (Å²) < 4.78 is 5.16. The SMILES string of the molecule is COCC1CCN(c2ccccc2[N+](=O)[O-])CC1. The summed E-state index contributed by atoms with van der Waals surface area (Å²) in [6, 6.07) is 6.95. The Labute approximate surface area is 107 Å².